The Hall–Kier alpha value is -1.51. The molecule has 8 heteroatoms. The smallest absolute Gasteiger partial charge is 0.263 e. The molecule has 0 bridgehead atoms. The number of aliphatic hydroxyl groups excluding tert-OH is 1. The highest BCUT2D eigenvalue weighted by Crippen LogP contribution is 2.26. The number of aliphatic hydroxyl groups is 1. The van der Waals surface area contributed by atoms with Crippen LogP contribution in [0.5, 0.6) is 0 Å². The van der Waals surface area contributed by atoms with Crippen molar-refractivity contribution < 1.29 is 22.3 Å². The maximum atomic E-state index is 13.1. The van der Waals surface area contributed by atoms with Gasteiger partial charge in [0.05, 0.1) is 12.3 Å². The predicted molar refractivity (Wildman–Crippen MR) is 77.2 cm³/mol. The lowest BCUT2D eigenvalue weighted by Gasteiger charge is -2.10. The molecule has 0 radical (unpaired) electrons. The summed E-state index contributed by atoms with van der Waals surface area (Å²) in [5.74, 6) is -1.77. The molecule has 21 heavy (non-hydrogen) atoms. The first-order chi connectivity index (χ1) is 9.81. The molecule has 0 aliphatic heterocycles. The highest BCUT2D eigenvalue weighted by molar-refractivity contribution is 9.10. The Kier molecular flexibility index (Phi) is 4.60. The first kappa shape index (κ1) is 15.9. The summed E-state index contributed by atoms with van der Waals surface area (Å²) in [7, 11) is -4.01. The lowest BCUT2D eigenvalue weighted by atomic mass is 10.2. The van der Waals surface area contributed by atoms with Crippen LogP contribution in [0, 0.1) is 11.6 Å². The van der Waals surface area contributed by atoms with Crippen LogP contribution >= 0.6 is 15.9 Å². The van der Waals surface area contributed by atoms with Gasteiger partial charge in [-0.15, -0.1) is 0 Å². The summed E-state index contributed by atoms with van der Waals surface area (Å²) in [4.78, 5) is -0.107. The first-order valence-electron chi connectivity index (χ1n) is 5.70. The van der Waals surface area contributed by atoms with Crippen molar-refractivity contribution in [3.8, 4) is 0 Å². The lowest BCUT2D eigenvalue weighted by Crippen LogP contribution is -2.14. The number of nitrogens with one attached hydrogen (secondary N) is 1. The minimum atomic E-state index is -4.01. The molecule has 0 unspecified atom stereocenters. The van der Waals surface area contributed by atoms with Crippen LogP contribution < -0.4 is 4.72 Å². The molecule has 4 nitrogen and oxygen atoms in total. The molecule has 0 aliphatic rings. The normalized spacial score (nSPS) is 11.4. The van der Waals surface area contributed by atoms with Crippen LogP contribution in [-0.2, 0) is 16.6 Å². The average molecular weight is 378 g/mol. The summed E-state index contributed by atoms with van der Waals surface area (Å²) in [6.45, 7) is -0.235. The van der Waals surface area contributed by atoms with Crippen molar-refractivity contribution in [2.24, 2.45) is 0 Å². The Bertz CT molecular complexity index is 761. The molecule has 2 N–H and O–H groups in total. The first-order valence-corrected chi connectivity index (χ1v) is 7.97. The molecular formula is C13H10BrF2NO3S. The SMILES string of the molecule is O=S(=O)(Nc1cc(F)cc(F)c1)c1ccc(CO)cc1Br. The zero-order valence-electron chi connectivity index (χ0n) is 10.5. The van der Waals surface area contributed by atoms with Crippen LogP contribution in [0.25, 0.3) is 0 Å². The highest BCUT2D eigenvalue weighted by atomic mass is 79.9. The van der Waals surface area contributed by atoms with Crippen molar-refractivity contribution in [2.45, 2.75) is 11.5 Å². The molecule has 2 aromatic rings. The van der Waals surface area contributed by atoms with Crippen LogP contribution in [0.3, 0.4) is 0 Å². The number of anilines is 1. The van der Waals surface area contributed by atoms with E-state index in [-0.39, 0.29) is 21.7 Å². The number of sulfonamides is 1. The number of halogens is 3. The van der Waals surface area contributed by atoms with E-state index < -0.39 is 21.7 Å². The molecule has 0 aliphatic carbocycles. The molecule has 0 saturated carbocycles. The third-order valence-corrected chi connectivity index (χ3v) is 4.94. The largest absolute Gasteiger partial charge is 0.392 e. The standard InChI is InChI=1S/C13H10BrF2NO3S/c14-12-3-8(7-18)1-2-13(12)21(19,20)17-11-5-9(15)4-10(16)6-11/h1-6,17-18H,7H2. The Morgan fingerprint density at radius 1 is 1.10 bits per heavy atom. The van der Waals surface area contributed by atoms with Crippen molar-refractivity contribution >= 4 is 31.6 Å². The van der Waals surface area contributed by atoms with E-state index in [4.69, 9.17) is 5.11 Å². The Morgan fingerprint density at radius 3 is 2.24 bits per heavy atom. The Labute approximate surface area is 128 Å². The monoisotopic (exact) mass is 377 g/mol. The summed E-state index contributed by atoms with van der Waals surface area (Å²) in [5, 5.41) is 8.98. The van der Waals surface area contributed by atoms with E-state index in [1.165, 1.54) is 18.2 Å². The fraction of sp³-hybridized carbons (Fsp3) is 0.0769. The van der Waals surface area contributed by atoms with Gasteiger partial charge in [0.1, 0.15) is 16.5 Å². The number of hydrogen-bond donors (Lipinski definition) is 2. The van der Waals surface area contributed by atoms with E-state index in [9.17, 15) is 17.2 Å². The zero-order chi connectivity index (χ0) is 15.6. The van der Waals surface area contributed by atoms with Crippen LogP contribution in [-0.4, -0.2) is 13.5 Å². The molecule has 2 rings (SSSR count). The quantitative estimate of drug-likeness (QED) is 0.860. The van der Waals surface area contributed by atoms with Crippen LogP contribution in [0.15, 0.2) is 45.8 Å². The topological polar surface area (TPSA) is 66.4 Å². The van der Waals surface area contributed by atoms with Gasteiger partial charge in [0, 0.05) is 10.5 Å². The highest BCUT2D eigenvalue weighted by Gasteiger charge is 2.18. The molecule has 0 amide bonds. The van der Waals surface area contributed by atoms with Gasteiger partial charge in [0.15, 0.2) is 0 Å². The summed E-state index contributed by atoms with van der Waals surface area (Å²) in [6, 6.07) is 6.55. The predicted octanol–water partition coefficient (Wildman–Crippen LogP) is 3.02. The van der Waals surface area contributed by atoms with E-state index in [0.717, 1.165) is 12.1 Å². The average Bonchev–Trinajstić information content (AvgIpc) is 2.36. The molecule has 0 heterocycles. The van der Waals surface area contributed by atoms with E-state index in [0.29, 0.717) is 11.6 Å². The van der Waals surface area contributed by atoms with E-state index in [2.05, 4.69) is 20.7 Å². The van der Waals surface area contributed by atoms with Crippen molar-refractivity contribution in [3.05, 3.63) is 58.1 Å². The summed E-state index contributed by atoms with van der Waals surface area (Å²) in [6.07, 6.45) is 0. The van der Waals surface area contributed by atoms with Gasteiger partial charge in [-0.05, 0) is 45.8 Å². The molecule has 0 saturated heterocycles. The molecule has 2 aromatic carbocycles. The van der Waals surface area contributed by atoms with Gasteiger partial charge in [-0.3, -0.25) is 4.72 Å². The second-order valence-electron chi connectivity index (χ2n) is 4.19. The molecule has 0 atom stereocenters. The van der Waals surface area contributed by atoms with E-state index in [1.807, 2.05) is 0 Å². The summed E-state index contributed by atoms with van der Waals surface area (Å²) < 4.78 is 52.9. The Balaban J connectivity index is 2.38. The maximum absolute atomic E-state index is 13.1. The second-order valence-corrected chi connectivity index (χ2v) is 6.69. The van der Waals surface area contributed by atoms with Gasteiger partial charge in [0.25, 0.3) is 10.0 Å². The van der Waals surface area contributed by atoms with Crippen molar-refractivity contribution in [1.29, 1.82) is 0 Å². The van der Waals surface area contributed by atoms with Crippen LogP contribution in [0.1, 0.15) is 5.56 Å². The van der Waals surface area contributed by atoms with Gasteiger partial charge < -0.3 is 5.11 Å². The molecule has 0 aromatic heterocycles. The maximum Gasteiger partial charge on any atom is 0.263 e. The molecular weight excluding hydrogens is 368 g/mol. The number of rotatable bonds is 4. The Morgan fingerprint density at radius 2 is 1.71 bits per heavy atom. The van der Waals surface area contributed by atoms with Crippen molar-refractivity contribution in [3.63, 3.8) is 0 Å². The second kappa shape index (κ2) is 6.08. The summed E-state index contributed by atoms with van der Waals surface area (Å²) >= 11 is 3.09. The minimum Gasteiger partial charge on any atom is -0.392 e. The third kappa shape index (κ3) is 3.78. The molecule has 0 fully saturated rings. The molecule has 0 spiro atoms. The minimum absolute atomic E-state index is 0.107. The van der Waals surface area contributed by atoms with Gasteiger partial charge in [0.2, 0.25) is 0 Å². The van der Waals surface area contributed by atoms with Crippen LogP contribution in [0.4, 0.5) is 14.5 Å². The fourth-order valence-corrected chi connectivity index (χ4v) is 3.85. The van der Waals surface area contributed by atoms with E-state index in [1.54, 1.807) is 0 Å². The van der Waals surface area contributed by atoms with Gasteiger partial charge >= 0.3 is 0 Å². The third-order valence-electron chi connectivity index (χ3n) is 2.58. The molecule has 112 valence electrons. The van der Waals surface area contributed by atoms with E-state index >= 15 is 0 Å². The number of hydrogen-bond acceptors (Lipinski definition) is 3. The van der Waals surface area contributed by atoms with Gasteiger partial charge in [-0.2, -0.15) is 0 Å². The zero-order valence-corrected chi connectivity index (χ0v) is 12.9. The van der Waals surface area contributed by atoms with Gasteiger partial charge in [-0.25, -0.2) is 17.2 Å². The number of benzene rings is 2. The summed E-state index contributed by atoms with van der Waals surface area (Å²) in [5.41, 5.74) is 0.309. The van der Waals surface area contributed by atoms with Gasteiger partial charge in [-0.1, -0.05) is 6.07 Å². The fourth-order valence-electron chi connectivity index (χ4n) is 1.68. The van der Waals surface area contributed by atoms with Crippen LogP contribution in [0.2, 0.25) is 0 Å². The van der Waals surface area contributed by atoms with Crippen molar-refractivity contribution in [2.75, 3.05) is 4.72 Å². The lowest BCUT2D eigenvalue weighted by molar-refractivity contribution is 0.281. The van der Waals surface area contributed by atoms with Crippen molar-refractivity contribution in [1.82, 2.24) is 0 Å².